The van der Waals surface area contributed by atoms with Gasteiger partial charge in [0.2, 0.25) is 0 Å². The van der Waals surface area contributed by atoms with Gasteiger partial charge in [-0.2, -0.15) is 0 Å². The fourth-order valence-electron chi connectivity index (χ4n) is 2.50. The minimum absolute atomic E-state index is 0.917. The fraction of sp³-hybridized carbons (Fsp3) is 0.389. The van der Waals surface area contributed by atoms with Crippen molar-refractivity contribution in [2.24, 2.45) is 0 Å². The summed E-state index contributed by atoms with van der Waals surface area (Å²) in [7, 11) is 0. The van der Waals surface area contributed by atoms with Gasteiger partial charge in [0.15, 0.2) is 0 Å². The van der Waals surface area contributed by atoms with Crippen molar-refractivity contribution >= 4 is 5.69 Å². The molecule has 3 nitrogen and oxygen atoms in total. The van der Waals surface area contributed by atoms with Crippen molar-refractivity contribution in [1.29, 1.82) is 0 Å². The highest BCUT2D eigenvalue weighted by atomic mass is 15.1. The SMILES string of the molecule is CCNCc1cc(C)ccc1N(CC)Cc1ccncc1. The van der Waals surface area contributed by atoms with Gasteiger partial charge in [-0.3, -0.25) is 4.98 Å². The molecular weight excluding hydrogens is 258 g/mol. The standard InChI is InChI=1S/C18H25N3/c1-4-19-13-17-12-15(3)6-7-18(17)21(5-2)14-16-8-10-20-11-9-16/h6-12,19H,4-5,13-14H2,1-3H3. The van der Waals surface area contributed by atoms with Crippen molar-refractivity contribution < 1.29 is 0 Å². The second kappa shape index (κ2) is 7.79. The Hall–Kier alpha value is -1.87. The second-order valence-electron chi connectivity index (χ2n) is 5.28. The maximum Gasteiger partial charge on any atom is 0.0430 e. The normalized spacial score (nSPS) is 10.6. The van der Waals surface area contributed by atoms with Crippen LogP contribution in [0.2, 0.25) is 0 Å². The zero-order chi connectivity index (χ0) is 15.1. The minimum atomic E-state index is 0.917. The number of pyridine rings is 1. The van der Waals surface area contributed by atoms with E-state index in [4.69, 9.17) is 0 Å². The van der Waals surface area contributed by atoms with E-state index in [0.717, 1.165) is 26.2 Å². The molecule has 0 spiro atoms. The molecule has 0 bridgehead atoms. The van der Waals surface area contributed by atoms with Gasteiger partial charge < -0.3 is 10.2 Å². The lowest BCUT2D eigenvalue weighted by Crippen LogP contribution is -2.24. The quantitative estimate of drug-likeness (QED) is 0.842. The zero-order valence-electron chi connectivity index (χ0n) is 13.3. The van der Waals surface area contributed by atoms with E-state index in [1.54, 1.807) is 0 Å². The van der Waals surface area contributed by atoms with Crippen molar-refractivity contribution in [2.45, 2.75) is 33.9 Å². The first kappa shape index (κ1) is 15.5. The monoisotopic (exact) mass is 283 g/mol. The summed E-state index contributed by atoms with van der Waals surface area (Å²) in [6, 6.07) is 10.9. The maximum absolute atomic E-state index is 4.09. The van der Waals surface area contributed by atoms with Gasteiger partial charge in [0.25, 0.3) is 0 Å². The van der Waals surface area contributed by atoms with Crippen molar-refractivity contribution in [3.8, 4) is 0 Å². The molecule has 0 saturated carbocycles. The number of aryl methyl sites for hydroxylation is 1. The average Bonchev–Trinajstić information content (AvgIpc) is 2.52. The Morgan fingerprint density at radius 2 is 1.86 bits per heavy atom. The highest BCUT2D eigenvalue weighted by Crippen LogP contribution is 2.23. The summed E-state index contributed by atoms with van der Waals surface area (Å²) < 4.78 is 0. The van der Waals surface area contributed by atoms with E-state index in [2.05, 4.69) is 66.3 Å². The number of hydrogen-bond donors (Lipinski definition) is 1. The van der Waals surface area contributed by atoms with Crippen LogP contribution in [-0.2, 0) is 13.1 Å². The summed E-state index contributed by atoms with van der Waals surface area (Å²) in [5.41, 5.74) is 5.29. The summed E-state index contributed by atoms with van der Waals surface area (Å²) in [5, 5.41) is 3.44. The molecule has 0 aliphatic heterocycles. The number of rotatable bonds is 7. The van der Waals surface area contributed by atoms with Crippen LogP contribution >= 0.6 is 0 Å². The zero-order valence-corrected chi connectivity index (χ0v) is 13.3. The van der Waals surface area contributed by atoms with Crippen LogP contribution in [-0.4, -0.2) is 18.1 Å². The number of aromatic nitrogens is 1. The van der Waals surface area contributed by atoms with Gasteiger partial charge in [0.05, 0.1) is 0 Å². The van der Waals surface area contributed by atoms with Crippen LogP contribution in [0.5, 0.6) is 0 Å². The molecule has 1 aromatic carbocycles. The Morgan fingerprint density at radius 3 is 2.52 bits per heavy atom. The van der Waals surface area contributed by atoms with E-state index >= 15 is 0 Å². The second-order valence-corrected chi connectivity index (χ2v) is 5.28. The molecule has 1 heterocycles. The van der Waals surface area contributed by atoms with E-state index in [0.29, 0.717) is 0 Å². The third-order valence-corrected chi connectivity index (χ3v) is 3.65. The van der Waals surface area contributed by atoms with Gasteiger partial charge >= 0.3 is 0 Å². The van der Waals surface area contributed by atoms with Crippen LogP contribution in [0, 0.1) is 6.92 Å². The number of hydrogen-bond acceptors (Lipinski definition) is 3. The van der Waals surface area contributed by atoms with Crippen LogP contribution in [0.1, 0.15) is 30.5 Å². The predicted octanol–water partition coefficient (Wildman–Crippen LogP) is 3.53. The molecule has 0 radical (unpaired) electrons. The molecule has 0 atom stereocenters. The van der Waals surface area contributed by atoms with E-state index < -0.39 is 0 Å². The van der Waals surface area contributed by atoms with E-state index in [-0.39, 0.29) is 0 Å². The van der Waals surface area contributed by atoms with Gasteiger partial charge in [-0.05, 0) is 49.7 Å². The maximum atomic E-state index is 4.09. The Balaban J connectivity index is 2.24. The predicted molar refractivity (Wildman–Crippen MR) is 89.5 cm³/mol. The summed E-state index contributed by atoms with van der Waals surface area (Å²) >= 11 is 0. The smallest absolute Gasteiger partial charge is 0.0430 e. The van der Waals surface area contributed by atoms with Crippen LogP contribution < -0.4 is 10.2 Å². The lowest BCUT2D eigenvalue weighted by molar-refractivity contribution is 0.718. The van der Waals surface area contributed by atoms with Crippen LogP contribution in [0.3, 0.4) is 0 Å². The third-order valence-electron chi connectivity index (χ3n) is 3.65. The van der Waals surface area contributed by atoms with Crippen molar-refractivity contribution in [1.82, 2.24) is 10.3 Å². The molecule has 0 aliphatic rings. The summed E-state index contributed by atoms with van der Waals surface area (Å²) in [6.07, 6.45) is 3.72. The highest BCUT2D eigenvalue weighted by molar-refractivity contribution is 5.55. The molecular formula is C18H25N3. The average molecular weight is 283 g/mol. The molecule has 2 rings (SSSR count). The largest absolute Gasteiger partial charge is 0.367 e. The topological polar surface area (TPSA) is 28.2 Å². The summed E-state index contributed by atoms with van der Waals surface area (Å²) in [5.74, 6) is 0. The molecule has 0 amide bonds. The van der Waals surface area contributed by atoms with Gasteiger partial charge in [-0.25, -0.2) is 0 Å². The van der Waals surface area contributed by atoms with E-state index in [9.17, 15) is 0 Å². The molecule has 1 aromatic heterocycles. The summed E-state index contributed by atoms with van der Waals surface area (Å²) in [6.45, 7) is 10.3. The van der Waals surface area contributed by atoms with Gasteiger partial charge in [-0.1, -0.05) is 24.6 Å². The highest BCUT2D eigenvalue weighted by Gasteiger charge is 2.10. The first-order valence-corrected chi connectivity index (χ1v) is 7.68. The Kier molecular flexibility index (Phi) is 5.76. The Labute approximate surface area is 128 Å². The molecule has 2 aromatic rings. The summed E-state index contributed by atoms with van der Waals surface area (Å²) in [4.78, 5) is 6.51. The molecule has 3 heteroatoms. The fourth-order valence-corrected chi connectivity index (χ4v) is 2.50. The Morgan fingerprint density at radius 1 is 1.10 bits per heavy atom. The lowest BCUT2D eigenvalue weighted by Gasteiger charge is -2.26. The van der Waals surface area contributed by atoms with Crippen LogP contribution in [0.4, 0.5) is 5.69 Å². The van der Waals surface area contributed by atoms with E-state index in [1.807, 2.05) is 12.4 Å². The number of benzene rings is 1. The molecule has 1 N–H and O–H groups in total. The number of anilines is 1. The van der Waals surface area contributed by atoms with Gasteiger partial charge in [-0.15, -0.1) is 0 Å². The lowest BCUT2D eigenvalue weighted by atomic mass is 10.1. The van der Waals surface area contributed by atoms with Crippen LogP contribution in [0.25, 0.3) is 0 Å². The molecule has 0 unspecified atom stereocenters. The molecule has 112 valence electrons. The number of nitrogens with zero attached hydrogens (tertiary/aromatic N) is 2. The van der Waals surface area contributed by atoms with E-state index in [1.165, 1.54) is 22.4 Å². The van der Waals surface area contributed by atoms with Crippen molar-refractivity contribution in [3.05, 3.63) is 59.4 Å². The molecule has 0 fully saturated rings. The van der Waals surface area contributed by atoms with Crippen molar-refractivity contribution in [3.63, 3.8) is 0 Å². The van der Waals surface area contributed by atoms with Crippen LogP contribution in [0.15, 0.2) is 42.7 Å². The van der Waals surface area contributed by atoms with Crippen molar-refractivity contribution in [2.75, 3.05) is 18.0 Å². The van der Waals surface area contributed by atoms with Gasteiger partial charge in [0, 0.05) is 37.7 Å². The minimum Gasteiger partial charge on any atom is -0.367 e. The van der Waals surface area contributed by atoms with Gasteiger partial charge in [0.1, 0.15) is 0 Å². The molecule has 0 aliphatic carbocycles. The number of nitrogens with one attached hydrogen (secondary N) is 1. The first-order chi connectivity index (χ1) is 10.2. The molecule has 21 heavy (non-hydrogen) atoms. The first-order valence-electron chi connectivity index (χ1n) is 7.68. The third kappa shape index (κ3) is 4.30. The Bertz CT molecular complexity index is 552. The molecule has 0 saturated heterocycles.